The third kappa shape index (κ3) is 3.64. The number of thiophene rings is 1. The van der Waals surface area contributed by atoms with Crippen molar-refractivity contribution in [2.45, 2.75) is 20.9 Å². The minimum atomic E-state index is -3.98. The number of hydrogen-bond donors (Lipinski definition) is 1. The summed E-state index contributed by atoms with van der Waals surface area (Å²) in [7, 11) is -7.77. The lowest BCUT2D eigenvalue weighted by atomic mass is 10.1. The lowest BCUT2D eigenvalue weighted by molar-refractivity contribution is 0.596. The number of anilines is 1. The zero-order valence-electron chi connectivity index (χ0n) is 15.2. The van der Waals surface area contributed by atoms with Gasteiger partial charge in [-0.05, 0) is 36.8 Å². The quantitative estimate of drug-likeness (QED) is 0.497. The molecule has 2 heterocycles. The van der Waals surface area contributed by atoms with Crippen LogP contribution in [0.15, 0.2) is 86.2 Å². The van der Waals surface area contributed by atoms with Crippen LogP contribution in [-0.4, -0.2) is 21.8 Å². The summed E-state index contributed by atoms with van der Waals surface area (Å²) in [6.07, 6.45) is 1.59. The van der Waals surface area contributed by atoms with E-state index in [0.29, 0.717) is 16.8 Å². The minimum absolute atomic E-state index is 0.0539. The molecule has 0 aliphatic carbocycles. The van der Waals surface area contributed by atoms with Crippen molar-refractivity contribution in [1.82, 2.24) is 4.98 Å². The Kier molecular flexibility index (Phi) is 4.89. The molecule has 4 aromatic rings. The molecule has 0 aliphatic heterocycles. The SMILES string of the molecule is Cc1ccc2cccnc2c1NS(=O)(=O)c1cc(S(=O)(=O)c2ccccc2)cs1. The minimum Gasteiger partial charge on any atom is -0.276 e. The Hall–Kier alpha value is -2.75. The van der Waals surface area contributed by atoms with Crippen molar-refractivity contribution in [3.63, 3.8) is 0 Å². The molecule has 0 saturated carbocycles. The van der Waals surface area contributed by atoms with Gasteiger partial charge in [0, 0.05) is 17.0 Å². The van der Waals surface area contributed by atoms with Crippen molar-refractivity contribution >= 4 is 47.8 Å². The highest BCUT2D eigenvalue weighted by Gasteiger charge is 2.25. The maximum Gasteiger partial charge on any atom is 0.271 e. The van der Waals surface area contributed by atoms with Crippen LogP contribution in [-0.2, 0) is 19.9 Å². The van der Waals surface area contributed by atoms with Gasteiger partial charge in [-0.3, -0.25) is 9.71 Å². The Morgan fingerprint density at radius 3 is 2.41 bits per heavy atom. The Balaban J connectivity index is 1.73. The van der Waals surface area contributed by atoms with Crippen LogP contribution in [0, 0.1) is 6.92 Å². The van der Waals surface area contributed by atoms with Gasteiger partial charge >= 0.3 is 0 Å². The normalized spacial score (nSPS) is 12.2. The van der Waals surface area contributed by atoms with Crippen molar-refractivity contribution in [3.05, 3.63) is 77.8 Å². The molecule has 0 saturated heterocycles. The van der Waals surface area contributed by atoms with Gasteiger partial charge in [-0.15, -0.1) is 11.3 Å². The average molecular weight is 445 g/mol. The van der Waals surface area contributed by atoms with E-state index in [1.54, 1.807) is 37.4 Å². The smallest absolute Gasteiger partial charge is 0.271 e. The molecule has 0 bridgehead atoms. The Morgan fingerprint density at radius 2 is 1.66 bits per heavy atom. The van der Waals surface area contributed by atoms with Gasteiger partial charge in [0.1, 0.15) is 4.21 Å². The van der Waals surface area contributed by atoms with Gasteiger partial charge in [-0.1, -0.05) is 36.4 Å². The number of nitrogens with one attached hydrogen (secondary N) is 1. The fraction of sp³-hybridized carbons (Fsp3) is 0.0500. The third-order valence-corrected chi connectivity index (χ3v) is 9.09. The molecule has 0 spiro atoms. The fourth-order valence-electron chi connectivity index (χ4n) is 2.88. The summed E-state index contributed by atoms with van der Waals surface area (Å²) in [5.74, 6) is 0. The van der Waals surface area contributed by atoms with E-state index in [-0.39, 0.29) is 14.0 Å². The molecule has 2 aromatic heterocycles. The highest BCUT2D eigenvalue weighted by Crippen LogP contribution is 2.32. The first-order chi connectivity index (χ1) is 13.8. The van der Waals surface area contributed by atoms with Gasteiger partial charge in [0.05, 0.1) is 21.0 Å². The number of nitrogens with zero attached hydrogens (tertiary/aromatic N) is 1. The summed E-state index contributed by atoms with van der Waals surface area (Å²) in [6.45, 7) is 1.78. The molecule has 0 aliphatic rings. The number of hydrogen-bond acceptors (Lipinski definition) is 6. The second kappa shape index (κ2) is 7.25. The van der Waals surface area contributed by atoms with Crippen molar-refractivity contribution in [3.8, 4) is 0 Å². The lowest BCUT2D eigenvalue weighted by Gasteiger charge is -2.11. The molecule has 0 radical (unpaired) electrons. The molecule has 0 unspecified atom stereocenters. The first kappa shape index (κ1) is 19.6. The number of sulfone groups is 1. The van der Waals surface area contributed by atoms with Crippen LogP contribution in [0.1, 0.15) is 5.56 Å². The monoisotopic (exact) mass is 444 g/mol. The summed E-state index contributed by atoms with van der Waals surface area (Å²) >= 11 is 0.858. The zero-order chi connectivity index (χ0) is 20.6. The number of fused-ring (bicyclic) bond motifs is 1. The number of pyridine rings is 1. The third-order valence-electron chi connectivity index (χ3n) is 4.40. The molecule has 1 N–H and O–H groups in total. The van der Waals surface area contributed by atoms with Crippen LogP contribution in [0.2, 0.25) is 0 Å². The van der Waals surface area contributed by atoms with E-state index in [2.05, 4.69) is 9.71 Å². The number of rotatable bonds is 5. The summed E-state index contributed by atoms with van der Waals surface area (Å²) in [4.78, 5) is 4.35. The van der Waals surface area contributed by atoms with Gasteiger partial charge in [-0.2, -0.15) is 0 Å². The van der Waals surface area contributed by atoms with Gasteiger partial charge in [0.15, 0.2) is 0 Å². The topological polar surface area (TPSA) is 93.2 Å². The molecule has 9 heteroatoms. The summed E-state index contributed by atoms with van der Waals surface area (Å²) < 4.78 is 53.9. The van der Waals surface area contributed by atoms with Crippen LogP contribution in [0.3, 0.4) is 0 Å². The first-order valence-corrected chi connectivity index (χ1v) is 12.4. The predicted octanol–water partition coefficient (Wildman–Crippen LogP) is 4.24. The van der Waals surface area contributed by atoms with Crippen LogP contribution < -0.4 is 4.72 Å². The van der Waals surface area contributed by atoms with E-state index in [4.69, 9.17) is 0 Å². The fourth-order valence-corrected chi connectivity index (χ4v) is 6.92. The molecule has 6 nitrogen and oxygen atoms in total. The van der Waals surface area contributed by atoms with Crippen LogP contribution in [0.5, 0.6) is 0 Å². The zero-order valence-corrected chi connectivity index (χ0v) is 17.7. The predicted molar refractivity (Wildman–Crippen MR) is 114 cm³/mol. The van der Waals surface area contributed by atoms with Gasteiger partial charge in [0.2, 0.25) is 9.84 Å². The lowest BCUT2D eigenvalue weighted by Crippen LogP contribution is -2.13. The largest absolute Gasteiger partial charge is 0.276 e. The maximum absolute atomic E-state index is 13.0. The highest BCUT2D eigenvalue weighted by molar-refractivity contribution is 7.95. The van der Waals surface area contributed by atoms with Crippen molar-refractivity contribution in [2.75, 3.05) is 4.72 Å². The highest BCUT2D eigenvalue weighted by atomic mass is 32.2. The van der Waals surface area contributed by atoms with Crippen molar-refractivity contribution < 1.29 is 16.8 Å². The van der Waals surface area contributed by atoms with E-state index in [0.717, 1.165) is 16.7 Å². The second-order valence-electron chi connectivity index (χ2n) is 6.36. The van der Waals surface area contributed by atoms with Crippen LogP contribution in [0.25, 0.3) is 10.9 Å². The van der Waals surface area contributed by atoms with E-state index in [1.807, 2.05) is 18.2 Å². The molecule has 0 amide bonds. The molecular formula is C20H16N2O4S3. The Morgan fingerprint density at radius 1 is 0.897 bits per heavy atom. The van der Waals surface area contributed by atoms with E-state index in [1.165, 1.54) is 23.6 Å². The number of aromatic nitrogens is 1. The van der Waals surface area contributed by atoms with E-state index >= 15 is 0 Å². The van der Waals surface area contributed by atoms with Gasteiger partial charge < -0.3 is 0 Å². The molecule has 0 atom stereocenters. The molecule has 148 valence electrons. The number of sulfonamides is 1. The van der Waals surface area contributed by atoms with Crippen molar-refractivity contribution in [2.24, 2.45) is 0 Å². The molecule has 0 fully saturated rings. The molecular weight excluding hydrogens is 428 g/mol. The maximum atomic E-state index is 13.0. The standard InChI is InChI=1S/C20H16N2O4S3/c1-14-9-10-15-6-5-11-21-20(15)19(14)22-29(25,26)18-12-17(13-27-18)28(23,24)16-7-3-2-4-8-16/h2-13,22H,1H3. The number of aryl methyl sites for hydroxylation is 1. The van der Waals surface area contributed by atoms with E-state index < -0.39 is 19.9 Å². The Labute approximate surface area is 172 Å². The average Bonchev–Trinajstić information content (AvgIpc) is 3.23. The number of benzene rings is 2. The second-order valence-corrected chi connectivity index (χ2v) is 11.1. The first-order valence-electron chi connectivity index (χ1n) is 8.55. The Bertz CT molecular complexity index is 1410. The molecule has 4 rings (SSSR count). The van der Waals surface area contributed by atoms with Crippen LogP contribution >= 0.6 is 11.3 Å². The molecule has 2 aromatic carbocycles. The summed E-state index contributed by atoms with van der Waals surface area (Å²) in [6, 6.07) is 16.4. The van der Waals surface area contributed by atoms with Crippen molar-refractivity contribution in [1.29, 1.82) is 0 Å². The summed E-state index contributed by atoms with van der Waals surface area (Å²) in [5, 5.41) is 2.14. The summed E-state index contributed by atoms with van der Waals surface area (Å²) in [5.41, 5.74) is 1.63. The van der Waals surface area contributed by atoms with Gasteiger partial charge in [0.25, 0.3) is 10.0 Å². The van der Waals surface area contributed by atoms with Crippen LogP contribution in [0.4, 0.5) is 5.69 Å². The van der Waals surface area contributed by atoms with E-state index in [9.17, 15) is 16.8 Å². The molecule has 29 heavy (non-hydrogen) atoms. The van der Waals surface area contributed by atoms with Gasteiger partial charge in [-0.25, -0.2) is 16.8 Å².